The molecule has 1 aliphatic carbocycles. The number of urea groups is 1. The Hall–Kier alpha value is -2.32. The first-order valence-electron chi connectivity index (χ1n) is 9.57. The van der Waals surface area contributed by atoms with Crippen molar-refractivity contribution < 1.29 is 9.90 Å². The first-order chi connectivity index (χ1) is 12.7. The van der Waals surface area contributed by atoms with E-state index >= 15 is 0 Å². The lowest BCUT2D eigenvalue weighted by Gasteiger charge is -2.51. The summed E-state index contributed by atoms with van der Waals surface area (Å²) >= 11 is 0. The maximum absolute atomic E-state index is 12.3. The fourth-order valence-electron chi connectivity index (χ4n) is 4.03. The van der Waals surface area contributed by atoms with E-state index in [0.717, 1.165) is 24.8 Å². The van der Waals surface area contributed by atoms with Crippen molar-refractivity contribution in [3.05, 3.63) is 41.5 Å². The number of rotatable bonds is 5. The van der Waals surface area contributed by atoms with Crippen molar-refractivity contribution in [1.29, 1.82) is 5.26 Å². The number of carbonyl (C=O) groups excluding carboxylic acids is 1. The molecule has 2 aliphatic rings. The standard InChI is InChI=1S/C21H27N3O2/c1-2-12-23-21(26)24-18(13-22)20(19(24)14-25)17-10-8-16(9-11-17)15-6-4-3-5-7-15/h6,8-11,18-20,25H,2-5,7,12,14H2,1H3,(H,23,26)/t18-,19+,20-/m0/s1. The second kappa shape index (κ2) is 8.37. The van der Waals surface area contributed by atoms with Gasteiger partial charge in [-0.25, -0.2) is 4.79 Å². The molecule has 0 saturated carbocycles. The molecule has 2 amide bonds. The van der Waals surface area contributed by atoms with Crippen molar-refractivity contribution in [3.63, 3.8) is 0 Å². The lowest BCUT2D eigenvalue weighted by atomic mass is 9.75. The number of hydrogen-bond acceptors (Lipinski definition) is 3. The van der Waals surface area contributed by atoms with Crippen molar-refractivity contribution >= 4 is 11.6 Å². The fraction of sp³-hybridized carbons (Fsp3) is 0.524. The summed E-state index contributed by atoms with van der Waals surface area (Å²) in [4.78, 5) is 13.8. The van der Waals surface area contributed by atoms with Gasteiger partial charge in [0.05, 0.1) is 18.7 Å². The number of hydrogen-bond donors (Lipinski definition) is 2. The van der Waals surface area contributed by atoms with Gasteiger partial charge in [-0.1, -0.05) is 37.3 Å². The maximum atomic E-state index is 12.3. The van der Waals surface area contributed by atoms with Gasteiger partial charge in [0.25, 0.3) is 0 Å². The summed E-state index contributed by atoms with van der Waals surface area (Å²) in [5.41, 5.74) is 3.64. The molecule has 0 spiro atoms. The Morgan fingerprint density at radius 3 is 2.69 bits per heavy atom. The molecular weight excluding hydrogens is 326 g/mol. The minimum Gasteiger partial charge on any atom is -0.394 e. The monoisotopic (exact) mass is 353 g/mol. The van der Waals surface area contributed by atoms with Gasteiger partial charge in [0.1, 0.15) is 6.04 Å². The summed E-state index contributed by atoms with van der Waals surface area (Å²) < 4.78 is 0. The predicted octanol–water partition coefficient (Wildman–Crippen LogP) is 3.42. The van der Waals surface area contributed by atoms with Gasteiger partial charge < -0.3 is 15.3 Å². The van der Waals surface area contributed by atoms with Crippen molar-refractivity contribution in [2.75, 3.05) is 13.2 Å². The Labute approximate surface area is 155 Å². The SMILES string of the molecule is CCCNC(=O)N1[C@H](CO)[C@@H](c2ccc(C3=CCCCC3)cc2)[C@@H]1C#N. The summed E-state index contributed by atoms with van der Waals surface area (Å²) in [5, 5.41) is 22.2. The van der Waals surface area contributed by atoms with Crippen molar-refractivity contribution in [2.24, 2.45) is 0 Å². The van der Waals surface area contributed by atoms with Crippen molar-refractivity contribution in [3.8, 4) is 6.07 Å². The van der Waals surface area contributed by atoms with E-state index < -0.39 is 6.04 Å². The van der Waals surface area contributed by atoms with Crippen molar-refractivity contribution in [1.82, 2.24) is 10.2 Å². The average molecular weight is 353 g/mol. The van der Waals surface area contributed by atoms with Crippen LogP contribution >= 0.6 is 0 Å². The van der Waals surface area contributed by atoms with Gasteiger partial charge in [0.2, 0.25) is 0 Å². The first-order valence-corrected chi connectivity index (χ1v) is 9.57. The third-order valence-corrected chi connectivity index (χ3v) is 5.45. The van der Waals surface area contributed by atoms with Crippen LogP contribution in [-0.2, 0) is 0 Å². The summed E-state index contributed by atoms with van der Waals surface area (Å²) in [6.45, 7) is 2.41. The van der Waals surface area contributed by atoms with E-state index in [0.29, 0.717) is 6.54 Å². The molecule has 1 aliphatic heterocycles. The lowest BCUT2D eigenvalue weighted by Crippen LogP contribution is -2.67. The second-order valence-corrected chi connectivity index (χ2v) is 7.09. The molecule has 0 bridgehead atoms. The second-order valence-electron chi connectivity index (χ2n) is 7.09. The summed E-state index contributed by atoms with van der Waals surface area (Å²) in [6, 6.07) is 9.39. The molecule has 0 aromatic heterocycles. The predicted molar refractivity (Wildman–Crippen MR) is 101 cm³/mol. The molecule has 138 valence electrons. The van der Waals surface area contributed by atoms with Gasteiger partial charge in [-0.3, -0.25) is 0 Å². The molecular formula is C21H27N3O2. The Kier molecular flexibility index (Phi) is 5.95. The molecule has 1 fully saturated rings. The number of likely N-dealkylation sites (tertiary alicyclic amines) is 1. The third kappa shape index (κ3) is 3.47. The van der Waals surface area contributed by atoms with Gasteiger partial charge >= 0.3 is 6.03 Å². The Morgan fingerprint density at radius 2 is 2.12 bits per heavy atom. The highest BCUT2D eigenvalue weighted by atomic mass is 16.3. The molecule has 3 rings (SSSR count). The molecule has 3 atom stereocenters. The van der Waals surface area contributed by atoms with Crippen molar-refractivity contribution in [2.45, 2.75) is 57.0 Å². The first kappa shape index (κ1) is 18.5. The number of allylic oxidation sites excluding steroid dienone is 2. The van der Waals surface area contributed by atoms with E-state index in [-0.39, 0.29) is 24.6 Å². The molecule has 26 heavy (non-hydrogen) atoms. The molecule has 0 radical (unpaired) electrons. The molecule has 1 aromatic carbocycles. The van der Waals surface area contributed by atoms with E-state index in [1.165, 1.54) is 28.9 Å². The fourth-order valence-corrected chi connectivity index (χ4v) is 4.03. The van der Waals surface area contributed by atoms with Gasteiger partial charge in [-0.05, 0) is 48.8 Å². The van der Waals surface area contributed by atoms with Crippen LogP contribution in [0, 0.1) is 11.3 Å². The van der Waals surface area contributed by atoms with Gasteiger partial charge in [0, 0.05) is 12.5 Å². The van der Waals surface area contributed by atoms with Gasteiger partial charge in [-0.2, -0.15) is 5.26 Å². The minimum absolute atomic E-state index is 0.144. The highest BCUT2D eigenvalue weighted by molar-refractivity contribution is 5.77. The van der Waals surface area contributed by atoms with Crippen LogP contribution < -0.4 is 5.32 Å². The quantitative estimate of drug-likeness (QED) is 0.851. The van der Waals surface area contributed by atoms with E-state index in [1.807, 2.05) is 19.1 Å². The number of aliphatic hydroxyl groups excluding tert-OH is 1. The molecule has 2 N–H and O–H groups in total. The Balaban J connectivity index is 1.76. The smallest absolute Gasteiger partial charge is 0.318 e. The molecule has 5 heteroatoms. The van der Waals surface area contributed by atoms with E-state index in [9.17, 15) is 15.2 Å². The zero-order chi connectivity index (χ0) is 18.5. The molecule has 1 saturated heterocycles. The van der Waals surface area contributed by atoms with Crippen LogP contribution in [0.5, 0.6) is 0 Å². The minimum atomic E-state index is -0.538. The number of nitriles is 1. The molecule has 1 aromatic rings. The number of aliphatic hydroxyl groups is 1. The summed E-state index contributed by atoms with van der Waals surface area (Å²) in [5.74, 6) is -0.147. The maximum Gasteiger partial charge on any atom is 0.318 e. The van der Waals surface area contributed by atoms with Crippen LogP contribution in [0.15, 0.2) is 30.3 Å². The van der Waals surface area contributed by atoms with Crippen LogP contribution in [0.4, 0.5) is 4.79 Å². The number of nitrogens with zero attached hydrogens (tertiary/aromatic N) is 2. The average Bonchev–Trinajstić information content (AvgIpc) is 2.67. The van der Waals surface area contributed by atoms with Gasteiger partial charge in [0.15, 0.2) is 0 Å². The zero-order valence-electron chi connectivity index (χ0n) is 15.3. The summed E-state index contributed by atoms with van der Waals surface area (Å²) in [7, 11) is 0. The van der Waals surface area contributed by atoms with Crippen LogP contribution in [0.25, 0.3) is 5.57 Å². The summed E-state index contributed by atoms with van der Waals surface area (Å²) in [6.07, 6.45) is 7.92. The zero-order valence-corrected chi connectivity index (χ0v) is 15.3. The highest BCUT2D eigenvalue weighted by Crippen LogP contribution is 2.41. The van der Waals surface area contributed by atoms with Crippen LogP contribution in [0.2, 0.25) is 0 Å². The Bertz CT molecular complexity index is 705. The third-order valence-electron chi connectivity index (χ3n) is 5.45. The molecule has 0 unspecified atom stereocenters. The molecule has 1 heterocycles. The Morgan fingerprint density at radius 1 is 1.35 bits per heavy atom. The van der Waals surface area contributed by atoms with Crippen LogP contribution in [0.3, 0.4) is 0 Å². The van der Waals surface area contributed by atoms with E-state index in [4.69, 9.17) is 0 Å². The normalized spacial score (nSPS) is 25.0. The molecule has 5 nitrogen and oxygen atoms in total. The number of amides is 2. The largest absolute Gasteiger partial charge is 0.394 e. The number of benzene rings is 1. The van der Waals surface area contributed by atoms with Crippen LogP contribution in [0.1, 0.15) is 56.1 Å². The highest BCUT2D eigenvalue weighted by Gasteiger charge is 2.51. The lowest BCUT2D eigenvalue weighted by molar-refractivity contribution is 0.0169. The van der Waals surface area contributed by atoms with Crippen LogP contribution in [-0.4, -0.2) is 41.3 Å². The number of nitrogens with one attached hydrogen (secondary N) is 1. The van der Waals surface area contributed by atoms with E-state index in [1.54, 1.807) is 0 Å². The van der Waals surface area contributed by atoms with Gasteiger partial charge in [-0.15, -0.1) is 0 Å². The van der Waals surface area contributed by atoms with E-state index in [2.05, 4.69) is 29.6 Å². The topological polar surface area (TPSA) is 76.4 Å². The number of carbonyl (C=O) groups is 1.